The molecule has 2 rings (SSSR count). The Morgan fingerprint density at radius 3 is 3.06 bits per heavy atom. The van der Waals surface area contributed by atoms with Gasteiger partial charge in [0.25, 0.3) is 0 Å². The molecule has 4 nitrogen and oxygen atoms in total. The molecule has 1 fully saturated rings. The van der Waals surface area contributed by atoms with Crippen molar-refractivity contribution >= 4 is 16.5 Å². The molecule has 1 aliphatic heterocycles. The molecule has 18 heavy (non-hydrogen) atoms. The molecule has 0 bridgehead atoms. The van der Waals surface area contributed by atoms with E-state index in [9.17, 15) is 0 Å². The Morgan fingerprint density at radius 1 is 1.56 bits per heavy atom. The van der Waals surface area contributed by atoms with Gasteiger partial charge < -0.3 is 15.0 Å². The number of anilines is 1. The van der Waals surface area contributed by atoms with E-state index in [0.717, 1.165) is 37.9 Å². The van der Waals surface area contributed by atoms with Crippen LogP contribution in [0.5, 0.6) is 0 Å². The minimum atomic E-state index is 0.625. The lowest BCUT2D eigenvalue weighted by atomic mass is 10.1. The molecule has 1 N–H and O–H groups in total. The minimum Gasteiger partial charge on any atom is -0.383 e. The van der Waals surface area contributed by atoms with Gasteiger partial charge in [-0.15, -0.1) is 11.3 Å². The van der Waals surface area contributed by atoms with Crippen LogP contribution in [-0.2, 0) is 11.3 Å². The summed E-state index contributed by atoms with van der Waals surface area (Å²) in [5, 5.41) is 6.66. The SMILES string of the molecule is COCCNCc1csc(N2CC(C)CC2C)n1. The van der Waals surface area contributed by atoms with Gasteiger partial charge in [0.05, 0.1) is 12.3 Å². The van der Waals surface area contributed by atoms with Gasteiger partial charge in [-0.2, -0.15) is 0 Å². The number of ether oxygens (including phenoxy) is 1. The van der Waals surface area contributed by atoms with Gasteiger partial charge in [0, 0.05) is 38.2 Å². The van der Waals surface area contributed by atoms with E-state index in [4.69, 9.17) is 9.72 Å². The smallest absolute Gasteiger partial charge is 0.185 e. The molecular formula is C13H23N3OS. The van der Waals surface area contributed by atoms with Crippen LogP contribution in [0.25, 0.3) is 0 Å². The summed E-state index contributed by atoms with van der Waals surface area (Å²) >= 11 is 1.76. The number of hydrogen-bond acceptors (Lipinski definition) is 5. The Bertz CT molecular complexity index is 369. The molecule has 0 aromatic carbocycles. The van der Waals surface area contributed by atoms with Gasteiger partial charge in [0.1, 0.15) is 0 Å². The number of aromatic nitrogens is 1. The fourth-order valence-electron chi connectivity index (χ4n) is 2.47. The second kappa shape index (κ2) is 6.50. The van der Waals surface area contributed by atoms with E-state index in [2.05, 4.69) is 29.4 Å². The highest BCUT2D eigenvalue weighted by Gasteiger charge is 2.27. The summed E-state index contributed by atoms with van der Waals surface area (Å²) in [7, 11) is 1.72. The van der Waals surface area contributed by atoms with Crippen LogP contribution in [0.4, 0.5) is 5.13 Å². The van der Waals surface area contributed by atoms with Crippen LogP contribution in [0.2, 0.25) is 0 Å². The van der Waals surface area contributed by atoms with Crippen molar-refractivity contribution in [3.05, 3.63) is 11.1 Å². The molecule has 1 aromatic heterocycles. The van der Waals surface area contributed by atoms with E-state index >= 15 is 0 Å². The largest absolute Gasteiger partial charge is 0.383 e. The molecule has 1 saturated heterocycles. The summed E-state index contributed by atoms with van der Waals surface area (Å²) in [6.07, 6.45) is 1.28. The van der Waals surface area contributed by atoms with Gasteiger partial charge >= 0.3 is 0 Å². The number of methoxy groups -OCH3 is 1. The molecule has 2 atom stereocenters. The molecule has 0 amide bonds. The molecule has 1 aromatic rings. The van der Waals surface area contributed by atoms with Crippen molar-refractivity contribution in [2.24, 2.45) is 5.92 Å². The number of nitrogens with zero attached hydrogens (tertiary/aromatic N) is 2. The van der Waals surface area contributed by atoms with Crippen molar-refractivity contribution in [1.29, 1.82) is 0 Å². The third-order valence-corrected chi connectivity index (χ3v) is 4.28. The lowest BCUT2D eigenvalue weighted by Crippen LogP contribution is -2.26. The van der Waals surface area contributed by atoms with E-state index in [1.54, 1.807) is 18.4 Å². The maximum atomic E-state index is 5.00. The van der Waals surface area contributed by atoms with E-state index in [-0.39, 0.29) is 0 Å². The summed E-state index contributed by atoms with van der Waals surface area (Å²) in [5.74, 6) is 0.784. The third-order valence-electron chi connectivity index (χ3n) is 3.36. The summed E-state index contributed by atoms with van der Waals surface area (Å²) in [4.78, 5) is 7.15. The lowest BCUT2D eigenvalue weighted by Gasteiger charge is -2.19. The minimum absolute atomic E-state index is 0.625. The standard InChI is InChI=1S/C13H23N3OS/c1-10-6-11(2)16(8-10)13-15-12(9-18-13)7-14-4-5-17-3/h9-11,14H,4-8H2,1-3H3. The van der Waals surface area contributed by atoms with Crippen molar-refractivity contribution in [2.75, 3.05) is 31.7 Å². The molecule has 0 aliphatic carbocycles. The fraction of sp³-hybridized carbons (Fsp3) is 0.769. The van der Waals surface area contributed by atoms with Crippen molar-refractivity contribution in [3.63, 3.8) is 0 Å². The van der Waals surface area contributed by atoms with Crippen LogP contribution in [0.15, 0.2) is 5.38 Å². The van der Waals surface area contributed by atoms with Gasteiger partial charge in [-0.25, -0.2) is 4.98 Å². The van der Waals surface area contributed by atoms with Crippen LogP contribution in [0.1, 0.15) is 26.0 Å². The zero-order valence-corrected chi connectivity index (χ0v) is 12.3. The van der Waals surface area contributed by atoms with Crippen LogP contribution in [-0.4, -0.2) is 37.8 Å². The molecular weight excluding hydrogens is 246 g/mol. The Morgan fingerprint density at radius 2 is 2.39 bits per heavy atom. The molecule has 0 radical (unpaired) electrons. The second-order valence-electron chi connectivity index (χ2n) is 5.13. The first-order valence-corrected chi connectivity index (χ1v) is 7.49. The monoisotopic (exact) mass is 269 g/mol. The average molecular weight is 269 g/mol. The quantitative estimate of drug-likeness (QED) is 0.803. The average Bonchev–Trinajstić information content (AvgIpc) is 2.91. The van der Waals surface area contributed by atoms with E-state index in [1.165, 1.54) is 11.6 Å². The predicted molar refractivity (Wildman–Crippen MR) is 76.3 cm³/mol. The number of thiazole rings is 1. The van der Waals surface area contributed by atoms with Crippen molar-refractivity contribution in [3.8, 4) is 0 Å². The summed E-state index contributed by atoms with van der Waals surface area (Å²) in [6.45, 7) is 8.21. The normalized spacial score (nSPS) is 23.8. The zero-order valence-electron chi connectivity index (χ0n) is 11.5. The Hall–Kier alpha value is -0.650. The predicted octanol–water partition coefficient (Wildman–Crippen LogP) is 2.11. The summed E-state index contributed by atoms with van der Waals surface area (Å²) in [5.41, 5.74) is 1.14. The highest BCUT2D eigenvalue weighted by Crippen LogP contribution is 2.30. The van der Waals surface area contributed by atoms with Crippen LogP contribution < -0.4 is 10.2 Å². The molecule has 0 saturated carbocycles. The van der Waals surface area contributed by atoms with Gasteiger partial charge in [0.15, 0.2) is 5.13 Å². The van der Waals surface area contributed by atoms with Gasteiger partial charge in [-0.1, -0.05) is 6.92 Å². The Kier molecular flexibility index (Phi) is 4.97. The molecule has 5 heteroatoms. The maximum absolute atomic E-state index is 5.00. The van der Waals surface area contributed by atoms with Gasteiger partial charge in [-0.3, -0.25) is 0 Å². The Balaban J connectivity index is 1.86. The van der Waals surface area contributed by atoms with E-state index < -0.39 is 0 Å². The zero-order chi connectivity index (χ0) is 13.0. The maximum Gasteiger partial charge on any atom is 0.185 e. The molecule has 1 aliphatic rings. The summed E-state index contributed by atoms with van der Waals surface area (Å²) < 4.78 is 5.00. The first-order valence-electron chi connectivity index (χ1n) is 6.61. The lowest BCUT2D eigenvalue weighted by molar-refractivity contribution is 0.199. The van der Waals surface area contributed by atoms with Crippen LogP contribution >= 0.6 is 11.3 Å². The van der Waals surface area contributed by atoms with Crippen molar-refractivity contribution in [2.45, 2.75) is 32.9 Å². The third kappa shape index (κ3) is 3.43. The molecule has 2 heterocycles. The Labute approximate surface area is 113 Å². The first kappa shape index (κ1) is 13.8. The number of nitrogens with one attached hydrogen (secondary N) is 1. The summed E-state index contributed by atoms with van der Waals surface area (Å²) in [6, 6.07) is 0.625. The van der Waals surface area contributed by atoms with Crippen molar-refractivity contribution in [1.82, 2.24) is 10.3 Å². The second-order valence-corrected chi connectivity index (χ2v) is 5.97. The topological polar surface area (TPSA) is 37.4 Å². The molecule has 0 spiro atoms. The van der Waals surface area contributed by atoms with Crippen LogP contribution in [0, 0.1) is 5.92 Å². The number of hydrogen-bond donors (Lipinski definition) is 1. The number of rotatable bonds is 6. The molecule has 102 valence electrons. The highest BCUT2D eigenvalue weighted by atomic mass is 32.1. The van der Waals surface area contributed by atoms with E-state index in [1.807, 2.05) is 0 Å². The first-order chi connectivity index (χ1) is 8.70. The molecule has 2 unspecified atom stereocenters. The van der Waals surface area contributed by atoms with E-state index in [0.29, 0.717) is 6.04 Å². The van der Waals surface area contributed by atoms with Crippen LogP contribution in [0.3, 0.4) is 0 Å². The van der Waals surface area contributed by atoms with Gasteiger partial charge in [0.2, 0.25) is 0 Å². The van der Waals surface area contributed by atoms with Crippen molar-refractivity contribution < 1.29 is 4.74 Å². The van der Waals surface area contributed by atoms with Gasteiger partial charge in [-0.05, 0) is 19.3 Å². The highest BCUT2D eigenvalue weighted by molar-refractivity contribution is 7.13. The fourth-order valence-corrected chi connectivity index (χ4v) is 3.40.